The van der Waals surface area contributed by atoms with Crippen molar-refractivity contribution < 1.29 is 19.2 Å². The van der Waals surface area contributed by atoms with Crippen LogP contribution in [0.2, 0.25) is 20.1 Å². The second-order valence-corrected chi connectivity index (χ2v) is 18.2. The first-order valence-electron chi connectivity index (χ1n) is 21.9. The summed E-state index contributed by atoms with van der Waals surface area (Å²) in [5, 5.41) is 8.72. The Balaban J connectivity index is 0.000000191. The molecule has 2 fully saturated rings. The van der Waals surface area contributed by atoms with E-state index in [1.165, 1.54) is 0 Å². The molecular formula is C48H52Cl4N8O4. The Morgan fingerprint density at radius 1 is 0.641 bits per heavy atom. The fourth-order valence-electron chi connectivity index (χ4n) is 8.39. The number of pyridine rings is 2. The van der Waals surface area contributed by atoms with E-state index in [9.17, 15) is 19.2 Å². The van der Waals surface area contributed by atoms with Gasteiger partial charge in [-0.2, -0.15) is 0 Å². The van der Waals surface area contributed by atoms with Gasteiger partial charge in [-0.05, 0) is 111 Å². The minimum atomic E-state index is -0.0877. The second kappa shape index (κ2) is 22.7. The van der Waals surface area contributed by atoms with E-state index in [1.54, 1.807) is 67.3 Å². The number of nitrogens with one attached hydrogen (secondary N) is 3. The molecule has 336 valence electrons. The molecule has 6 heterocycles. The molecule has 0 radical (unpaired) electrons. The maximum absolute atomic E-state index is 12.7. The fraction of sp³-hybridized carbons (Fsp3) is 0.375. The van der Waals surface area contributed by atoms with Crippen molar-refractivity contribution in [3.8, 4) is 0 Å². The van der Waals surface area contributed by atoms with Crippen molar-refractivity contribution in [2.45, 2.75) is 64.2 Å². The normalized spacial score (nSPS) is 14.6. The molecule has 0 spiro atoms. The predicted octanol–water partition coefficient (Wildman–Crippen LogP) is 10.4. The van der Waals surface area contributed by atoms with Crippen LogP contribution in [-0.4, -0.2) is 92.0 Å². The van der Waals surface area contributed by atoms with Gasteiger partial charge in [0.05, 0.1) is 15.6 Å². The second-order valence-electron chi connectivity index (χ2n) is 16.5. The molecule has 16 heteroatoms. The SMILES string of the molecule is O=C(NCCCCC1CCN(C(=O)c2cc(Cl)cc(Cl)c2)CC1)c1ccc2nccn2c1.O=C(NCCCCC1CCN(C(=O)c2ccc(Cl)c(Cl)c2)CC1)c1cc2cnccc2[nH]1. The monoisotopic (exact) mass is 944 g/mol. The molecule has 0 saturated carbocycles. The van der Waals surface area contributed by atoms with Crippen LogP contribution in [0.15, 0.2) is 91.6 Å². The van der Waals surface area contributed by atoms with Gasteiger partial charge in [-0.15, -0.1) is 0 Å². The van der Waals surface area contributed by atoms with Gasteiger partial charge in [-0.1, -0.05) is 72.1 Å². The number of piperidine rings is 2. The summed E-state index contributed by atoms with van der Waals surface area (Å²) in [5.41, 5.74) is 4.06. The number of unbranched alkanes of at least 4 members (excludes halogenated alkanes) is 2. The molecule has 0 bridgehead atoms. The van der Waals surface area contributed by atoms with E-state index in [0.717, 1.165) is 107 Å². The van der Waals surface area contributed by atoms with Crippen LogP contribution >= 0.6 is 46.4 Å². The summed E-state index contributed by atoms with van der Waals surface area (Å²) in [4.78, 5) is 65.2. The lowest BCUT2D eigenvalue weighted by atomic mass is 9.91. The summed E-state index contributed by atoms with van der Waals surface area (Å²) in [6, 6.07) is 17.3. The molecule has 2 saturated heterocycles. The van der Waals surface area contributed by atoms with Crippen LogP contribution in [0.1, 0.15) is 106 Å². The lowest BCUT2D eigenvalue weighted by Crippen LogP contribution is -2.38. The summed E-state index contributed by atoms with van der Waals surface area (Å²) in [5.74, 6) is 1.08. The fourth-order valence-corrected chi connectivity index (χ4v) is 9.21. The van der Waals surface area contributed by atoms with Gasteiger partial charge in [0.1, 0.15) is 11.3 Å². The number of H-pyrrole nitrogens is 1. The highest BCUT2D eigenvalue weighted by molar-refractivity contribution is 6.42. The van der Waals surface area contributed by atoms with Gasteiger partial charge in [0.15, 0.2) is 0 Å². The third kappa shape index (κ3) is 12.8. The summed E-state index contributed by atoms with van der Waals surface area (Å²) in [7, 11) is 0. The highest BCUT2D eigenvalue weighted by atomic mass is 35.5. The summed E-state index contributed by atoms with van der Waals surface area (Å²) >= 11 is 24.0. The number of likely N-dealkylation sites (tertiary alicyclic amines) is 2. The first kappa shape index (κ1) is 46.8. The van der Waals surface area contributed by atoms with E-state index in [1.807, 2.05) is 38.6 Å². The number of aromatic nitrogens is 4. The molecule has 3 N–H and O–H groups in total. The minimum absolute atomic E-state index is 0.00977. The van der Waals surface area contributed by atoms with Crippen molar-refractivity contribution in [1.29, 1.82) is 0 Å². The average molecular weight is 947 g/mol. The zero-order chi connectivity index (χ0) is 45.0. The van der Waals surface area contributed by atoms with Crippen molar-refractivity contribution in [2.75, 3.05) is 39.3 Å². The first-order chi connectivity index (χ1) is 31.0. The Kier molecular flexibility index (Phi) is 16.6. The summed E-state index contributed by atoms with van der Waals surface area (Å²) < 4.78 is 1.84. The molecule has 2 aliphatic rings. The Morgan fingerprint density at radius 2 is 1.25 bits per heavy atom. The van der Waals surface area contributed by atoms with E-state index in [0.29, 0.717) is 67.4 Å². The van der Waals surface area contributed by atoms with E-state index >= 15 is 0 Å². The highest BCUT2D eigenvalue weighted by Crippen LogP contribution is 2.28. The third-order valence-corrected chi connectivity index (χ3v) is 13.2. The minimum Gasteiger partial charge on any atom is -0.352 e. The molecule has 12 nitrogen and oxygen atoms in total. The molecule has 0 unspecified atom stereocenters. The van der Waals surface area contributed by atoms with Gasteiger partial charge in [-0.3, -0.25) is 24.2 Å². The Bertz CT molecular complexity index is 2510. The molecular weight excluding hydrogens is 894 g/mol. The lowest BCUT2D eigenvalue weighted by molar-refractivity contribution is 0.0678. The number of benzene rings is 2. The number of aromatic amines is 1. The average Bonchev–Trinajstić information content (AvgIpc) is 3.97. The van der Waals surface area contributed by atoms with Gasteiger partial charge in [-0.25, -0.2) is 4.98 Å². The van der Waals surface area contributed by atoms with Gasteiger partial charge < -0.3 is 29.8 Å². The third-order valence-electron chi connectivity index (χ3n) is 12.0. The summed E-state index contributed by atoms with van der Waals surface area (Å²) in [6.07, 6.45) is 19.0. The Labute approximate surface area is 393 Å². The Hall–Kier alpha value is -5.14. The Morgan fingerprint density at radius 3 is 1.88 bits per heavy atom. The number of amides is 4. The standard InChI is InChI=1S/2C24H26Cl2N4O2/c25-19-5-4-17(13-20(19)26)24(32)30-11-7-16(8-12-30)3-1-2-9-28-23(31)22-14-18-15-27-10-6-21(18)29-22;25-20-13-19(14-21(26)15-20)24(32)29-10-6-17(7-11-29)3-1-2-8-28-23(31)18-4-5-22-27-9-12-30(22)16-18/h4-6,10,13-16,29H,1-3,7-9,11-12H2,(H,28,31);4-5,9,12-17H,1-3,6-8,10-11H2,(H,28,31). The molecule has 4 amide bonds. The van der Waals surface area contributed by atoms with Crippen LogP contribution in [0.25, 0.3) is 16.6 Å². The van der Waals surface area contributed by atoms with Gasteiger partial charge in [0.2, 0.25) is 0 Å². The van der Waals surface area contributed by atoms with Crippen LogP contribution in [0.5, 0.6) is 0 Å². The number of hydrogen-bond acceptors (Lipinski definition) is 6. The van der Waals surface area contributed by atoms with Crippen molar-refractivity contribution in [1.82, 2.24) is 39.8 Å². The van der Waals surface area contributed by atoms with E-state index in [-0.39, 0.29) is 23.6 Å². The highest BCUT2D eigenvalue weighted by Gasteiger charge is 2.25. The quantitative estimate of drug-likeness (QED) is 0.0928. The molecule has 2 aromatic carbocycles. The molecule has 0 aliphatic carbocycles. The van der Waals surface area contributed by atoms with Crippen molar-refractivity contribution in [3.05, 3.63) is 134 Å². The van der Waals surface area contributed by atoms with Crippen LogP contribution in [0.3, 0.4) is 0 Å². The molecule has 8 rings (SSSR count). The van der Waals surface area contributed by atoms with Gasteiger partial charge in [0, 0.05) is 102 Å². The molecule has 4 aromatic heterocycles. The van der Waals surface area contributed by atoms with Gasteiger partial charge in [0.25, 0.3) is 23.6 Å². The number of halogens is 4. The van der Waals surface area contributed by atoms with Crippen molar-refractivity contribution in [2.24, 2.45) is 11.8 Å². The number of rotatable bonds is 14. The van der Waals surface area contributed by atoms with Crippen LogP contribution in [0.4, 0.5) is 0 Å². The van der Waals surface area contributed by atoms with Gasteiger partial charge >= 0.3 is 0 Å². The summed E-state index contributed by atoms with van der Waals surface area (Å²) in [6.45, 7) is 4.34. The number of fused-ring (bicyclic) bond motifs is 2. The zero-order valence-corrected chi connectivity index (χ0v) is 38.5. The van der Waals surface area contributed by atoms with E-state index < -0.39 is 0 Å². The molecule has 64 heavy (non-hydrogen) atoms. The topological polar surface area (TPSA) is 145 Å². The maximum Gasteiger partial charge on any atom is 0.267 e. The number of hydrogen-bond donors (Lipinski definition) is 3. The zero-order valence-electron chi connectivity index (χ0n) is 35.5. The van der Waals surface area contributed by atoms with Crippen molar-refractivity contribution in [3.63, 3.8) is 0 Å². The molecule has 2 aliphatic heterocycles. The lowest BCUT2D eigenvalue weighted by Gasteiger charge is -2.32. The number of carbonyl (C=O) groups is 4. The number of carbonyl (C=O) groups excluding carboxylic acids is 4. The van der Waals surface area contributed by atoms with E-state index in [4.69, 9.17) is 46.4 Å². The first-order valence-corrected chi connectivity index (χ1v) is 23.4. The van der Waals surface area contributed by atoms with Crippen molar-refractivity contribution >= 4 is 86.6 Å². The smallest absolute Gasteiger partial charge is 0.267 e. The van der Waals surface area contributed by atoms with Crippen LogP contribution in [0, 0.1) is 11.8 Å². The number of nitrogens with zero attached hydrogens (tertiary/aromatic N) is 5. The molecule has 6 aromatic rings. The predicted molar refractivity (Wildman–Crippen MR) is 254 cm³/mol. The van der Waals surface area contributed by atoms with Crippen LogP contribution in [-0.2, 0) is 0 Å². The maximum atomic E-state index is 12.7. The molecule has 0 atom stereocenters. The number of imidazole rings is 1. The van der Waals surface area contributed by atoms with E-state index in [2.05, 4.69) is 25.6 Å². The van der Waals surface area contributed by atoms with Crippen LogP contribution < -0.4 is 10.6 Å². The largest absolute Gasteiger partial charge is 0.352 e.